The van der Waals surface area contributed by atoms with Gasteiger partial charge in [0.05, 0.1) is 6.54 Å². The predicted molar refractivity (Wildman–Crippen MR) is 102 cm³/mol. The summed E-state index contributed by atoms with van der Waals surface area (Å²) in [6, 6.07) is 8.67. The lowest BCUT2D eigenvalue weighted by Gasteiger charge is -2.31. The van der Waals surface area contributed by atoms with Crippen LogP contribution < -0.4 is 15.5 Å². The molecule has 0 unspecified atom stereocenters. The van der Waals surface area contributed by atoms with Gasteiger partial charge in [0.2, 0.25) is 5.91 Å². The standard InChI is InChI=1S/C20H24N4O3/c1-23-6-7-24(11-18(23)25)19-9-12-2-3-13(8-17(12)27-19)20(26)22-16-10-14-4-5-15(16)21-14/h2-3,8-9,14-16,21H,4-7,10-11H2,1H3,(H,22,26)/t14-,15+,16-/m1/s1. The van der Waals surface area contributed by atoms with Crippen molar-refractivity contribution in [2.45, 2.75) is 37.4 Å². The number of hydrogen-bond acceptors (Lipinski definition) is 5. The number of amides is 2. The summed E-state index contributed by atoms with van der Waals surface area (Å²) in [4.78, 5) is 28.3. The third-order valence-corrected chi connectivity index (χ3v) is 6.15. The Morgan fingerprint density at radius 3 is 2.89 bits per heavy atom. The fourth-order valence-electron chi connectivity index (χ4n) is 4.50. The van der Waals surface area contributed by atoms with Gasteiger partial charge < -0.3 is 24.9 Å². The molecule has 4 heterocycles. The maximum Gasteiger partial charge on any atom is 0.251 e. The van der Waals surface area contributed by atoms with Crippen molar-refractivity contribution in [1.29, 1.82) is 0 Å². The van der Waals surface area contributed by atoms with Gasteiger partial charge in [-0.15, -0.1) is 0 Å². The second-order valence-electron chi connectivity index (χ2n) is 7.94. The van der Waals surface area contributed by atoms with Gasteiger partial charge in [-0.25, -0.2) is 0 Å². The molecule has 2 aromatic rings. The molecule has 3 saturated heterocycles. The molecule has 1 aromatic heterocycles. The zero-order chi connectivity index (χ0) is 18.5. The van der Waals surface area contributed by atoms with E-state index in [0.29, 0.717) is 42.2 Å². The van der Waals surface area contributed by atoms with Gasteiger partial charge >= 0.3 is 0 Å². The molecule has 3 fully saturated rings. The molecule has 27 heavy (non-hydrogen) atoms. The number of benzene rings is 1. The lowest BCUT2D eigenvalue weighted by atomic mass is 9.95. The molecule has 142 valence electrons. The number of carbonyl (C=O) groups is 2. The van der Waals surface area contributed by atoms with Crippen LogP contribution in [0.1, 0.15) is 29.6 Å². The second-order valence-corrected chi connectivity index (χ2v) is 7.94. The molecular formula is C20H24N4O3. The molecule has 5 rings (SSSR count). The molecule has 3 aliphatic heterocycles. The highest BCUT2D eigenvalue weighted by Gasteiger charge is 2.39. The quantitative estimate of drug-likeness (QED) is 0.855. The number of fused-ring (bicyclic) bond motifs is 3. The summed E-state index contributed by atoms with van der Waals surface area (Å²) < 4.78 is 5.96. The molecule has 3 atom stereocenters. The smallest absolute Gasteiger partial charge is 0.251 e. The maximum absolute atomic E-state index is 12.7. The van der Waals surface area contributed by atoms with Crippen molar-refractivity contribution in [3.8, 4) is 0 Å². The van der Waals surface area contributed by atoms with Gasteiger partial charge in [-0.3, -0.25) is 9.59 Å². The molecule has 1 aromatic carbocycles. The van der Waals surface area contributed by atoms with Crippen LogP contribution in [0.4, 0.5) is 5.88 Å². The Morgan fingerprint density at radius 2 is 2.15 bits per heavy atom. The summed E-state index contributed by atoms with van der Waals surface area (Å²) >= 11 is 0. The van der Waals surface area contributed by atoms with Crippen LogP contribution in [0, 0.1) is 0 Å². The van der Waals surface area contributed by atoms with E-state index in [1.807, 2.05) is 30.1 Å². The van der Waals surface area contributed by atoms with Crippen LogP contribution in [0.15, 0.2) is 28.7 Å². The van der Waals surface area contributed by atoms with E-state index in [4.69, 9.17) is 4.42 Å². The van der Waals surface area contributed by atoms with Gasteiger partial charge in [0, 0.05) is 55.3 Å². The van der Waals surface area contributed by atoms with Crippen LogP contribution in [0.3, 0.4) is 0 Å². The van der Waals surface area contributed by atoms with Gasteiger partial charge in [-0.1, -0.05) is 6.07 Å². The first-order valence-corrected chi connectivity index (χ1v) is 9.66. The summed E-state index contributed by atoms with van der Waals surface area (Å²) in [6.45, 7) is 1.74. The van der Waals surface area contributed by atoms with Crippen LogP contribution in [0.2, 0.25) is 0 Å². The van der Waals surface area contributed by atoms with E-state index in [0.717, 1.165) is 24.8 Å². The van der Waals surface area contributed by atoms with E-state index in [2.05, 4.69) is 10.6 Å². The first-order valence-electron chi connectivity index (χ1n) is 9.66. The topological polar surface area (TPSA) is 77.8 Å². The van der Waals surface area contributed by atoms with Crippen molar-refractivity contribution >= 4 is 28.7 Å². The summed E-state index contributed by atoms with van der Waals surface area (Å²) in [6.07, 6.45) is 3.37. The first-order chi connectivity index (χ1) is 13.1. The van der Waals surface area contributed by atoms with E-state index in [1.165, 1.54) is 6.42 Å². The molecule has 0 aliphatic carbocycles. The minimum Gasteiger partial charge on any atom is -0.441 e. The van der Waals surface area contributed by atoms with Crippen molar-refractivity contribution in [2.75, 3.05) is 31.6 Å². The molecule has 2 amide bonds. The third-order valence-electron chi connectivity index (χ3n) is 6.15. The number of anilines is 1. The number of furan rings is 1. The van der Waals surface area contributed by atoms with Crippen LogP contribution in [0.5, 0.6) is 0 Å². The Hall–Kier alpha value is -2.54. The highest BCUT2D eigenvalue weighted by molar-refractivity contribution is 5.98. The normalized spacial score (nSPS) is 27.6. The van der Waals surface area contributed by atoms with Crippen molar-refractivity contribution in [2.24, 2.45) is 0 Å². The molecule has 3 aliphatic rings. The summed E-state index contributed by atoms with van der Waals surface area (Å²) in [5.41, 5.74) is 1.29. The number of piperazine rings is 1. The average molecular weight is 368 g/mol. The van der Waals surface area contributed by atoms with Crippen LogP contribution in [0.25, 0.3) is 11.0 Å². The zero-order valence-corrected chi connectivity index (χ0v) is 15.4. The Balaban J connectivity index is 1.33. The molecule has 7 heteroatoms. The lowest BCUT2D eigenvalue weighted by Crippen LogP contribution is -2.48. The van der Waals surface area contributed by atoms with E-state index < -0.39 is 0 Å². The predicted octanol–water partition coefficient (Wildman–Crippen LogP) is 1.33. The van der Waals surface area contributed by atoms with E-state index in [1.54, 1.807) is 11.0 Å². The molecule has 0 spiro atoms. The van der Waals surface area contributed by atoms with Crippen molar-refractivity contribution in [3.63, 3.8) is 0 Å². The molecule has 7 nitrogen and oxygen atoms in total. The fourth-order valence-corrected chi connectivity index (χ4v) is 4.50. The van der Waals surface area contributed by atoms with Crippen molar-refractivity contribution < 1.29 is 14.0 Å². The summed E-state index contributed by atoms with van der Waals surface area (Å²) in [5, 5.41) is 7.65. The number of carbonyl (C=O) groups excluding carboxylic acids is 2. The van der Waals surface area contributed by atoms with E-state index in [-0.39, 0.29) is 17.9 Å². The molecule has 2 N–H and O–H groups in total. The fraction of sp³-hybridized carbons (Fsp3) is 0.500. The molecule has 0 radical (unpaired) electrons. The van der Waals surface area contributed by atoms with Crippen molar-refractivity contribution in [3.05, 3.63) is 29.8 Å². The van der Waals surface area contributed by atoms with Crippen LogP contribution >= 0.6 is 0 Å². The number of hydrogen-bond donors (Lipinski definition) is 2. The zero-order valence-electron chi connectivity index (χ0n) is 15.4. The van der Waals surface area contributed by atoms with E-state index in [9.17, 15) is 9.59 Å². The minimum absolute atomic E-state index is 0.0519. The van der Waals surface area contributed by atoms with Crippen LogP contribution in [-0.4, -0.2) is 61.5 Å². The Kier molecular flexibility index (Phi) is 3.86. The molecule has 2 bridgehead atoms. The van der Waals surface area contributed by atoms with E-state index >= 15 is 0 Å². The first kappa shape index (κ1) is 16.6. The average Bonchev–Trinajstić information content (AvgIpc) is 3.38. The van der Waals surface area contributed by atoms with Gasteiger partial charge in [-0.05, 0) is 31.4 Å². The van der Waals surface area contributed by atoms with Gasteiger partial charge in [0.1, 0.15) is 5.58 Å². The highest BCUT2D eigenvalue weighted by Crippen LogP contribution is 2.30. The number of nitrogens with zero attached hydrogens (tertiary/aromatic N) is 2. The minimum atomic E-state index is -0.0519. The summed E-state index contributed by atoms with van der Waals surface area (Å²) in [5.74, 6) is 0.714. The van der Waals surface area contributed by atoms with Crippen molar-refractivity contribution in [1.82, 2.24) is 15.5 Å². The maximum atomic E-state index is 12.7. The SMILES string of the molecule is CN1CCN(c2cc3ccc(C(=O)N[C@@H]4C[C@H]5CC[C@@H]4N5)cc3o2)CC1=O. The van der Waals surface area contributed by atoms with Gasteiger partial charge in [-0.2, -0.15) is 0 Å². The third kappa shape index (κ3) is 2.96. The highest BCUT2D eigenvalue weighted by atomic mass is 16.4. The second kappa shape index (κ2) is 6.27. The van der Waals surface area contributed by atoms with Gasteiger partial charge in [0.25, 0.3) is 5.91 Å². The monoisotopic (exact) mass is 368 g/mol. The van der Waals surface area contributed by atoms with Gasteiger partial charge in [0.15, 0.2) is 5.88 Å². The molecular weight excluding hydrogens is 344 g/mol. The number of rotatable bonds is 3. The Bertz CT molecular complexity index is 908. The number of nitrogens with one attached hydrogen (secondary N) is 2. The summed E-state index contributed by atoms with van der Waals surface area (Å²) in [7, 11) is 1.81. The lowest BCUT2D eigenvalue weighted by molar-refractivity contribution is -0.129. The Labute approximate surface area is 157 Å². The Morgan fingerprint density at radius 1 is 1.26 bits per heavy atom. The number of likely N-dealkylation sites (N-methyl/N-ethyl adjacent to an activating group) is 1. The largest absolute Gasteiger partial charge is 0.441 e. The molecule has 0 saturated carbocycles. The van der Waals surface area contributed by atoms with Crippen LogP contribution in [-0.2, 0) is 4.79 Å².